The van der Waals surface area contributed by atoms with Gasteiger partial charge in [0.25, 0.3) is 0 Å². The van der Waals surface area contributed by atoms with Crippen LogP contribution in [0.2, 0.25) is 0 Å². The smallest absolute Gasteiger partial charge is 0.330 e. The van der Waals surface area contributed by atoms with Gasteiger partial charge >= 0.3 is 5.97 Å². The van der Waals surface area contributed by atoms with Gasteiger partial charge < -0.3 is 4.74 Å². The summed E-state index contributed by atoms with van der Waals surface area (Å²) in [5, 5.41) is 0. The van der Waals surface area contributed by atoms with Crippen LogP contribution in [0.1, 0.15) is 33.6 Å². The summed E-state index contributed by atoms with van der Waals surface area (Å²) in [4.78, 5) is 10.3. The molecule has 0 aliphatic rings. The largest absolute Gasteiger partial charge is 0.463 e. The summed E-state index contributed by atoms with van der Waals surface area (Å²) in [5.74, 6) is -0.330. The molecule has 2 nitrogen and oxygen atoms in total. The zero-order chi connectivity index (χ0) is 10.7. The van der Waals surface area contributed by atoms with Crippen molar-refractivity contribution < 1.29 is 9.53 Å². The number of hydrogen-bond acceptors (Lipinski definition) is 2. The van der Waals surface area contributed by atoms with Crippen molar-refractivity contribution in [2.24, 2.45) is 0 Å². The number of allylic oxidation sites excluding steroid dienone is 1. The summed E-state index contributed by atoms with van der Waals surface area (Å²) in [5.41, 5.74) is 1.17. The second-order valence-corrected chi connectivity index (χ2v) is 2.93. The van der Waals surface area contributed by atoms with Gasteiger partial charge in [-0.05, 0) is 20.3 Å². The summed E-state index contributed by atoms with van der Waals surface area (Å²) >= 11 is 0. The normalized spacial score (nSPS) is 7.92. The summed E-state index contributed by atoms with van der Waals surface area (Å²) in [6.07, 6.45) is 3.15. The molecule has 0 amide bonds. The maximum Gasteiger partial charge on any atom is 0.330 e. The minimum absolute atomic E-state index is 0.330. The molecule has 76 valence electrons. The number of unbranched alkanes of at least 4 members (excludes halogenated alkanes) is 1. The highest BCUT2D eigenvalue weighted by molar-refractivity contribution is 5.81. The van der Waals surface area contributed by atoms with Gasteiger partial charge in [0.05, 0.1) is 6.61 Å². The van der Waals surface area contributed by atoms with E-state index in [1.807, 2.05) is 20.8 Å². The maximum absolute atomic E-state index is 10.3. The first-order valence-corrected chi connectivity index (χ1v) is 4.45. The van der Waals surface area contributed by atoms with Crippen LogP contribution in [0.25, 0.3) is 0 Å². The molecule has 0 aromatic rings. The second-order valence-electron chi connectivity index (χ2n) is 2.93. The van der Waals surface area contributed by atoms with Crippen LogP contribution < -0.4 is 0 Å². The lowest BCUT2D eigenvalue weighted by Gasteiger charge is -1.97. The van der Waals surface area contributed by atoms with E-state index >= 15 is 0 Å². The van der Waals surface area contributed by atoms with Crippen LogP contribution in [0.3, 0.4) is 0 Å². The van der Waals surface area contributed by atoms with Crippen LogP contribution in [-0.4, -0.2) is 12.6 Å². The zero-order valence-corrected chi connectivity index (χ0v) is 8.93. The molecular formula is C11H20O2. The number of esters is 1. The van der Waals surface area contributed by atoms with Crippen molar-refractivity contribution in [3.8, 4) is 0 Å². The van der Waals surface area contributed by atoms with E-state index in [-0.39, 0.29) is 5.97 Å². The monoisotopic (exact) mass is 184 g/mol. The van der Waals surface area contributed by atoms with E-state index < -0.39 is 0 Å². The van der Waals surface area contributed by atoms with Gasteiger partial charge in [0.15, 0.2) is 0 Å². The molecule has 0 spiro atoms. The summed E-state index contributed by atoms with van der Waals surface area (Å²) in [7, 11) is 0. The third-order valence-electron chi connectivity index (χ3n) is 0.909. The molecular weight excluding hydrogens is 164 g/mol. The standard InChI is InChI=1S/C7H12O2.C4H8/c1-3-5-6-9-7(8)4-2;1-4(2)3/h4H,2-3,5-6H2,1H3;1H2,2-3H3. The van der Waals surface area contributed by atoms with E-state index in [1.54, 1.807) is 0 Å². The molecule has 0 saturated carbocycles. The predicted molar refractivity (Wildman–Crippen MR) is 56.6 cm³/mol. The van der Waals surface area contributed by atoms with Crippen LogP contribution >= 0.6 is 0 Å². The van der Waals surface area contributed by atoms with Crippen molar-refractivity contribution in [1.29, 1.82) is 0 Å². The Morgan fingerprint density at radius 2 is 1.92 bits per heavy atom. The summed E-state index contributed by atoms with van der Waals surface area (Å²) in [6, 6.07) is 0. The molecule has 13 heavy (non-hydrogen) atoms. The van der Waals surface area contributed by atoms with Gasteiger partial charge in [0, 0.05) is 6.08 Å². The lowest BCUT2D eigenvalue weighted by molar-refractivity contribution is -0.137. The third kappa shape index (κ3) is 24.8. The highest BCUT2D eigenvalue weighted by Gasteiger charge is 1.91. The van der Waals surface area contributed by atoms with Gasteiger partial charge in [-0.3, -0.25) is 0 Å². The first kappa shape index (κ1) is 14.5. The number of ether oxygens (including phenoxy) is 1. The Balaban J connectivity index is 0. The average molecular weight is 184 g/mol. The zero-order valence-electron chi connectivity index (χ0n) is 8.93. The van der Waals surface area contributed by atoms with E-state index in [0.717, 1.165) is 12.8 Å². The minimum Gasteiger partial charge on any atom is -0.463 e. The van der Waals surface area contributed by atoms with Crippen molar-refractivity contribution in [3.05, 3.63) is 24.8 Å². The molecule has 0 bridgehead atoms. The van der Waals surface area contributed by atoms with E-state index in [9.17, 15) is 4.79 Å². The van der Waals surface area contributed by atoms with Gasteiger partial charge in [0.1, 0.15) is 0 Å². The molecule has 0 N–H and O–H groups in total. The Morgan fingerprint density at radius 1 is 1.46 bits per heavy atom. The van der Waals surface area contributed by atoms with Crippen LogP contribution in [-0.2, 0) is 9.53 Å². The van der Waals surface area contributed by atoms with E-state index in [0.29, 0.717) is 6.61 Å². The van der Waals surface area contributed by atoms with Crippen molar-refractivity contribution >= 4 is 5.97 Å². The molecule has 0 fully saturated rings. The highest BCUT2D eigenvalue weighted by Crippen LogP contribution is 1.88. The summed E-state index contributed by atoms with van der Waals surface area (Å²) in [6.45, 7) is 13.3. The molecule has 0 aliphatic carbocycles. The lowest BCUT2D eigenvalue weighted by Crippen LogP contribution is -2.00. The minimum atomic E-state index is -0.330. The fourth-order valence-corrected chi connectivity index (χ4v) is 0.376. The predicted octanol–water partition coefficient (Wildman–Crippen LogP) is 3.10. The Morgan fingerprint density at radius 3 is 2.23 bits per heavy atom. The van der Waals surface area contributed by atoms with E-state index in [1.165, 1.54) is 11.6 Å². The first-order chi connectivity index (χ1) is 6.04. The molecule has 2 heteroatoms. The Bertz CT molecular complexity index is 155. The fraction of sp³-hybridized carbons (Fsp3) is 0.545. The molecule has 0 aromatic heterocycles. The van der Waals surface area contributed by atoms with Gasteiger partial charge in [0.2, 0.25) is 0 Å². The van der Waals surface area contributed by atoms with Crippen LogP contribution in [0.15, 0.2) is 24.8 Å². The number of hydrogen-bond donors (Lipinski definition) is 0. The van der Waals surface area contributed by atoms with Crippen molar-refractivity contribution in [2.45, 2.75) is 33.6 Å². The van der Waals surface area contributed by atoms with Crippen LogP contribution in [0.5, 0.6) is 0 Å². The van der Waals surface area contributed by atoms with Gasteiger partial charge in [-0.1, -0.05) is 25.5 Å². The molecule has 0 aliphatic heterocycles. The quantitative estimate of drug-likeness (QED) is 0.290. The van der Waals surface area contributed by atoms with Gasteiger partial charge in [-0.25, -0.2) is 4.79 Å². The van der Waals surface area contributed by atoms with Crippen molar-refractivity contribution in [2.75, 3.05) is 6.61 Å². The molecule has 0 atom stereocenters. The van der Waals surface area contributed by atoms with Crippen molar-refractivity contribution in [1.82, 2.24) is 0 Å². The Kier molecular flexibility index (Phi) is 12.2. The maximum atomic E-state index is 10.3. The van der Waals surface area contributed by atoms with E-state index in [4.69, 9.17) is 0 Å². The fourth-order valence-electron chi connectivity index (χ4n) is 0.376. The average Bonchev–Trinajstić information content (AvgIpc) is 2.03. The Labute approximate surface area is 81.3 Å². The molecule has 0 rings (SSSR count). The van der Waals surface area contributed by atoms with Crippen LogP contribution in [0.4, 0.5) is 0 Å². The lowest BCUT2D eigenvalue weighted by atomic mass is 10.4. The SMILES string of the molecule is C=C(C)C.C=CC(=O)OCCCC. The number of rotatable bonds is 4. The first-order valence-electron chi connectivity index (χ1n) is 4.45. The topological polar surface area (TPSA) is 26.3 Å². The third-order valence-corrected chi connectivity index (χ3v) is 0.909. The van der Waals surface area contributed by atoms with Crippen LogP contribution in [0, 0.1) is 0 Å². The second kappa shape index (κ2) is 11.0. The Hall–Kier alpha value is -1.05. The highest BCUT2D eigenvalue weighted by atomic mass is 16.5. The molecule has 0 unspecified atom stereocenters. The molecule has 0 aromatic carbocycles. The van der Waals surface area contributed by atoms with Gasteiger partial charge in [-0.15, -0.1) is 6.58 Å². The van der Waals surface area contributed by atoms with Crippen molar-refractivity contribution in [3.63, 3.8) is 0 Å². The van der Waals surface area contributed by atoms with E-state index in [2.05, 4.69) is 17.9 Å². The number of carbonyl (C=O) groups excluding carboxylic acids is 1. The molecule has 0 saturated heterocycles. The number of carbonyl (C=O) groups is 1. The molecule has 0 heterocycles. The van der Waals surface area contributed by atoms with Gasteiger partial charge in [-0.2, -0.15) is 0 Å². The summed E-state index contributed by atoms with van der Waals surface area (Å²) < 4.78 is 4.67. The molecule has 0 radical (unpaired) electrons.